The molecule has 0 bridgehead atoms. The van der Waals surface area contributed by atoms with E-state index in [-0.39, 0.29) is 11.3 Å². The Bertz CT molecular complexity index is 646. The fraction of sp³-hybridized carbons (Fsp3) is 0.333. The smallest absolute Gasteiger partial charge is 0.231 e. The van der Waals surface area contributed by atoms with Gasteiger partial charge in [-0.05, 0) is 31.9 Å². The predicted molar refractivity (Wildman–Crippen MR) is 81.6 cm³/mol. The van der Waals surface area contributed by atoms with Gasteiger partial charge in [-0.1, -0.05) is 12.1 Å². The van der Waals surface area contributed by atoms with Crippen molar-refractivity contribution in [2.45, 2.75) is 19.8 Å². The molecule has 1 heterocycles. The number of nitrogens with one attached hydrogen (secondary N) is 1. The molecule has 0 radical (unpaired) electrons. The summed E-state index contributed by atoms with van der Waals surface area (Å²) >= 11 is 1.62. The van der Waals surface area contributed by atoms with Gasteiger partial charge in [0.1, 0.15) is 0 Å². The maximum Gasteiger partial charge on any atom is 0.231 e. The first-order chi connectivity index (χ1) is 9.63. The fourth-order valence-electron chi connectivity index (χ4n) is 2.19. The van der Waals surface area contributed by atoms with Crippen LogP contribution in [0.3, 0.4) is 0 Å². The van der Waals surface area contributed by atoms with Crippen LogP contribution >= 0.6 is 11.3 Å². The topological polar surface area (TPSA) is 68.0 Å². The van der Waals surface area contributed by atoms with Crippen molar-refractivity contribution in [2.75, 3.05) is 11.9 Å². The van der Waals surface area contributed by atoms with E-state index in [0.717, 1.165) is 34.8 Å². The van der Waals surface area contributed by atoms with Crippen LogP contribution in [0.25, 0.3) is 11.3 Å². The molecule has 0 unspecified atom stereocenters. The molecule has 3 rings (SSSR count). The normalized spacial score (nSPS) is 15.9. The molecule has 20 heavy (non-hydrogen) atoms. The molecular formula is C15H17N3OS. The third-order valence-electron chi connectivity index (χ3n) is 3.76. The second-order valence-electron chi connectivity index (χ2n) is 5.27. The van der Waals surface area contributed by atoms with Crippen molar-refractivity contribution < 1.29 is 4.79 Å². The lowest BCUT2D eigenvalue weighted by atomic mass is 10.1. The molecule has 1 amide bonds. The molecule has 104 valence electrons. The molecule has 1 aromatic heterocycles. The molecule has 1 saturated carbocycles. The Kier molecular flexibility index (Phi) is 3.31. The van der Waals surface area contributed by atoms with Crippen LogP contribution in [0.5, 0.6) is 0 Å². The molecule has 3 N–H and O–H groups in total. The molecule has 1 aliphatic rings. The van der Waals surface area contributed by atoms with Gasteiger partial charge < -0.3 is 11.1 Å². The maximum atomic E-state index is 12.2. The fourth-order valence-corrected chi connectivity index (χ4v) is 2.81. The molecule has 0 aliphatic heterocycles. The van der Waals surface area contributed by atoms with Crippen LogP contribution in [-0.4, -0.2) is 17.4 Å². The van der Waals surface area contributed by atoms with E-state index in [2.05, 4.69) is 10.3 Å². The van der Waals surface area contributed by atoms with Crippen LogP contribution in [0.4, 0.5) is 5.69 Å². The Labute approximate surface area is 122 Å². The highest BCUT2D eigenvalue weighted by atomic mass is 32.1. The van der Waals surface area contributed by atoms with E-state index in [4.69, 9.17) is 5.73 Å². The summed E-state index contributed by atoms with van der Waals surface area (Å²) in [5.74, 6) is 0.0339. The lowest BCUT2D eigenvalue weighted by molar-refractivity contribution is -0.120. The number of anilines is 1. The van der Waals surface area contributed by atoms with Gasteiger partial charge in [-0.25, -0.2) is 4.98 Å². The second kappa shape index (κ2) is 5.00. The first-order valence-electron chi connectivity index (χ1n) is 6.67. The minimum atomic E-state index is -0.326. The molecule has 1 aliphatic carbocycles. The van der Waals surface area contributed by atoms with Crippen molar-refractivity contribution in [2.24, 2.45) is 11.1 Å². The summed E-state index contributed by atoms with van der Waals surface area (Å²) in [7, 11) is 0. The van der Waals surface area contributed by atoms with E-state index < -0.39 is 0 Å². The average molecular weight is 287 g/mol. The number of hydrogen-bond acceptors (Lipinski definition) is 4. The first kappa shape index (κ1) is 13.3. The molecule has 0 saturated heterocycles. The van der Waals surface area contributed by atoms with Gasteiger partial charge in [0, 0.05) is 23.2 Å². The summed E-state index contributed by atoms with van der Waals surface area (Å²) in [4.78, 5) is 16.6. The van der Waals surface area contributed by atoms with E-state index in [1.165, 1.54) is 0 Å². The van der Waals surface area contributed by atoms with E-state index in [1.54, 1.807) is 11.3 Å². The third-order valence-corrected chi connectivity index (χ3v) is 4.53. The van der Waals surface area contributed by atoms with Crippen molar-refractivity contribution in [3.8, 4) is 11.3 Å². The minimum Gasteiger partial charge on any atom is -0.329 e. The summed E-state index contributed by atoms with van der Waals surface area (Å²) < 4.78 is 0. The largest absolute Gasteiger partial charge is 0.329 e. The lowest BCUT2D eigenvalue weighted by Crippen LogP contribution is -2.30. The molecule has 0 atom stereocenters. The van der Waals surface area contributed by atoms with Gasteiger partial charge in [0.25, 0.3) is 0 Å². The van der Waals surface area contributed by atoms with Gasteiger partial charge in [-0.3, -0.25) is 4.79 Å². The number of benzene rings is 1. The van der Waals surface area contributed by atoms with Crippen LogP contribution in [0.1, 0.15) is 17.8 Å². The lowest BCUT2D eigenvalue weighted by Gasteiger charge is -2.13. The Morgan fingerprint density at radius 2 is 2.30 bits per heavy atom. The second-order valence-corrected chi connectivity index (χ2v) is 6.33. The summed E-state index contributed by atoms with van der Waals surface area (Å²) in [6, 6.07) is 7.79. The highest BCUT2D eigenvalue weighted by Crippen LogP contribution is 2.45. The number of carbonyl (C=O) groups excluding carboxylic acids is 1. The SMILES string of the molecule is Cc1nc(-c2cccc(NC(=O)C3(CN)CC3)c2)cs1. The summed E-state index contributed by atoms with van der Waals surface area (Å²) in [5, 5.41) is 6.03. The van der Waals surface area contributed by atoms with Gasteiger partial charge in [-0.2, -0.15) is 0 Å². The van der Waals surface area contributed by atoms with Gasteiger partial charge in [0.2, 0.25) is 5.91 Å². The molecule has 0 spiro atoms. The Balaban J connectivity index is 1.80. The van der Waals surface area contributed by atoms with Crippen LogP contribution in [-0.2, 0) is 4.79 Å². The molecule has 4 nitrogen and oxygen atoms in total. The number of aromatic nitrogens is 1. The van der Waals surface area contributed by atoms with Crippen LogP contribution in [0, 0.1) is 12.3 Å². The zero-order valence-electron chi connectivity index (χ0n) is 11.3. The number of nitrogens with two attached hydrogens (primary N) is 1. The summed E-state index contributed by atoms with van der Waals surface area (Å²) in [5.41, 5.74) is 8.12. The zero-order chi connectivity index (χ0) is 14.2. The standard InChI is InChI=1S/C15H17N3OS/c1-10-17-13(8-20-10)11-3-2-4-12(7-11)18-14(19)15(9-16)5-6-15/h2-4,7-8H,5-6,9,16H2,1H3,(H,18,19). The van der Waals surface area contributed by atoms with Crippen LogP contribution in [0.2, 0.25) is 0 Å². The van der Waals surface area contributed by atoms with Gasteiger partial charge in [0.15, 0.2) is 0 Å². The van der Waals surface area contributed by atoms with Crippen molar-refractivity contribution in [1.82, 2.24) is 4.98 Å². The van der Waals surface area contributed by atoms with E-state index in [1.807, 2.05) is 36.6 Å². The van der Waals surface area contributed by atoms with Crippen LogP contribution < -0.4 is 11.1 Å². The molecule has 2 aromatic rings. The number of carbonyl (C=O) groups is 1. The first-order valence-corrected chi connectivity index (χ1v) is 7.55. The maximum absolute atomic E-state index is 12.2. The number of rotatable bonds is 4. The quantitative estimate of drug-likeness (QED) is 0.908. The van der Waals surface area contributed by atoms with E-state index >= 15 is 0 Å². The number of thiazole rings is 1. The van der Waals surface area contributed by atoms with E-state index in [9.17, 15) is 4.79 Å². The van der Waals surface area contributed by atoms with Gasteiger partial charge >= 0.3 is 0 Å². The zero-order valence-corrected chi connectivity index (χ0v) is 12.2. The predicted octanol–water partition coefficient (Wildman–Crippen LogP) is 2.80. The molecule has 1 aromatic carbocycles. The minimum absolute atomic E-state index is 0.0339. The summed E-state index contributed by atoms with van der Waals surface area (Å²) in [6.07, 6.45) is 1.78. The number of amides is 1. The van der Waals surface area contributed by atoms with Gasteiger partial charge in [0.05, 0.1) is 16.1 Å². The molecule has 5 heteroatoms. The highest BCUT2D eigenvalue weighted by Gasteiger charge is 2.48. The number of nitrogens with zero attached hydrogens (tertiary/aromatic N) is 1. The van der Waals surface area contributed by atoms with Crippen molar-refractivity contribution >= 4 is 22.9 Å². The number of hydrogen-bond donors (Lipinski definition) is 2. The van der Waals surface area contributed by atoms with Crippen LogP contribution in [0.15, 0.2) is 29.6 Å². The van der Waals surface area contributed by atoms with E-state index in [0.29, 0.717) is 6.54 Å². The summed E-state index contributed by atoms with van der Waals surface area (Å²) in [6.45, 7) is 2.40. The van der Waals surface area contributed by atoms with Gasteiger partial charge in [-0.15, -0.1) is 11.3 Å². The Morgan fingerprint density at radius 1 is 1.50 bits per heavy atom. The molecular weight excluding hydrogens is 270 g/mol. The van der Waals surface area contributed by atoms with Crippen molar-refractivity contribution in [3.63, 3.8) is 0 Å². The Morgan fingerprint density at radius 3 is 2.90 bits per heavy atom. The molecule has 1 fully saturated rings. The Hall–Kier alpha value is -1.72. The number of aryl methyl sites for hydroxylation is 1. The highest BCUT2D eigenvalue weighted by molar-refractivity contribution is 7.09. The third kappa shape index (κ3) is 2.46. The monoisotopic (exact) mass is 287 g/mol. The van der Waals surface area contributed by atoms with Crippen molar-refractivity contribution in [3.05, 3.63) is 34.7 Å². The average Bonchev–Trinajstić information content (AvgIpc) is 3.15. The van der Waals surface area contributed by atoms with Crippen molar-refractivity contribution in [1.29, 1.82) is 0 Å².